The second kappa shape index (κ2) is 7.32. The van der Waals surface area contributed by atoms with Gasteiger partial charge in [-0.15, -0.1) is 11.3 Å². The Hall–Kier alpha value is -2.59. The van der Waals surface area contributed by atoms with Gasteiger partial charge in [0.25, 0.3) is 0 Å². The van der Waals surface area contributed by atoms with E-state index in [1.165, 1.54) is 11.3 Å². The lowest BCUT2D eigenvalue weighted by molar-refractivity contribution is 0.0997. The van der Waals surface area contributed by atoms with Gasteiger partial charge in [-0.3, -0.25) is 4.79 Å². The Balaban J connectivity index is 1.71. The molecule has 0 amide bonds. The number of Topliss-reactive ketones (excluding diaryl/α,β-unsaturated/α-hetero) is 1. The van der Waals surface area contributed by atoms with Crippen molar-refractivity contribution in [2.45, 2.75) is 13.3 Å². The summed E-state index contributed by atoms with van der Waals surface area (Å²) in [5, 5.41) is 9.57. The van der Waals surface area contributed by atoms with Crippen LogP contribution < -0.4 is 4.74 Å². The number of hydrogen-bond acceptors (Lipinski definition) is 4. The summed E-state index contributed by atoms with van der Waals surface area (Å²) < 4.78 is 5.41. The van der Waals surface area contributed by atoms with E-state index in [2.05, 4.69) is 0 Å². The Morgan fingerprint density at radius 1 is 1.08 bits per heavy atom. The molecule has 0 radical (unpaired) electrons. The minimum atomic E-state index is 0.0931. The molecule has 1 aromatic heterocycles. The number of benzene rings is 2. The summed E-state index contributed by atoms with van der Waals surface area (Å²) in [5.41, 5.74) is 1.89. The first-order valence-corrected chi connectivity index (χ1v) is 8.61. The van der Waals surface area contributed by atoms with Crippen molar-refractivity contribution >= 4 is 17.1 Å². The Labute approximate surface area is 145 Å². The van der Waals surface area contributed by atoms with Gasteiger partial charge in [-0.25, -0.2) is 0 Å². The van der Waals surface area contributed by atoms with Gasteiger partial charge in [0.2, 0.25) is 0 Å². The van der Waals surface area contributed by atoms with E-state index in [1.54, 1.807) is 18.2 Å². The van der Waals surface area contributed by atoms with E-state index in [9.17, 15) is 9.90 Å². The van der Waals surface area contributed by atoms with Crippen LogP contribution in [0.2, 0.25) is 0 Å². The molecule has 0 saturated carbocycles. The van der Waals surface area contributed by atoms with E-state index >= 15 is 0 Å². The third-order valence-electron chi connectivity index (χ3n) is 3.61. The standard InChI is InChI=1S/C20H18O3S/c1-2-23-17-8-6-14(7-9-17)12-18(22)20-11-10-19(24-20)15-4-3-5-16(21)13-15/h3-11,13,21H,2,12H2,1H3. The molecule has 0 saturated heterocycles. The lowest BCUT2D eigenvalue weighted by Gasteiger charge is -2.04. The first kappa shape index (κ1) is 16.3. The predicted molar refractivity (Wildman–Crippen MR) is 97.1 cm³/mol. The average Bonchev–Trinajstić information content (AvgIpc) is 3.07. The maximum Gasteiger partial charge on any atom is 0.177 e. The molecule has 24 heavy (non-hydrogen) atoms. The van der Waals surface area contributed by atoms with Crippen LogP contribution in [0.15, 0.2) is 60.7 Å². The van der Waals surface area contributed by atoms with Gasteiger partial charge in [0.15, 0.2) is 5.78 Å². The highest BCUT2D eigenvalue weighted by atomic mass is 32.1. The van der Waals surface area contributed by atoms with Gasteiger partial charge in [-0.2, -0.15) is 0 Å². The van der Waals surface area contributed by atoms with Crippen molar-refractivity contribution < 1.29 is 14.6 Å². The largest absolute Gasteiger partial charge is 0.508 e. The molecule has 1 heterocycles. The SMILES string of the molecule is CCOc1ccc(CC(=O)c2ccc(-c3cccc(O)c3)s2)cc1. The van der Waals surface area contributed by atoms with Crippen molar-refractivity contribution in [1.29, 1.82) is 0 Å². The number of phenols is 1. The molecule has 0 aliphatic rings. The molecular weight excluding hydrogens is 320 g/mol. The topological polar surface area (TPSA) is 46.5 Å². The summed E-state index contributed by atoms with van der Waals surface area (Å²) in [7, 11) is 0. The molecule has 0 spiro atoms. The van der Waals surface area contributed by atoms with Crippen molar-refractivity contribution in [3.63, 3.8) is 0 Å². The van der Waals surface area contributed by atoms with Crippen LogP contribution >= 0.6 is 11.3 Å². The second-order valence-corrected chi connectivity index (χ2v) is 6.47. The Morgan fingerprint density at radius 2 is 1.88 bits per heavy atom. The van der Waals surface area contributed by atoms with Crippen molar-refractivity contribution in [3.8, 4) is 21.9 Å². The van der Waals surface area contributed by atoms with E-state index in [0.29, 0.717) is 13.0 Å². The van der Waals surface area contributed by atoms with Crippen molar-refractivity contribution in [1.82, 2.24) is 0 Å². The molecule has 122 valence electrons. The highest BCUT2D eigenvalue weighted by Gasteiger charge is 2.11. The van der Waals surface area contributed by atoms with E-state index in [-0.39, 0.29) is 11.5 Å². The molecule has 0 unspecified atom stereocenters. The van der Waals surface area contributed by atoms with Crippen LogP contribution in [0, 0.1) is 0 Å². The van der Waals surface area contributed by atoms with Crippen LogP contribution in [-0.4, -0.2) is 17.5 Å². The number of hydrogen-bond donors (Lipinski definition) is 1. The van der Waals surface area contributed by atoms with Crippen LogP contribution in [0.1, 0.15) is 22.2 Å². The zero-order valence-corrected chi connectivity index (χ0v) is 14.2. The number of ether oxygens (including phenoxy) is 1. The normalized spacial score (nSPS) is 10.5. The number of carbonyl (C=O) groups is 1. The minimum absolute atomic E-state index is 0.0931. The molecular formula is C20H18O3S. The molecule has 3 rings (SSSR count). The van der Waals surface area contributed by atoms with E-state index in [4.69, 9.17) is 4.74 Å². The van der Waals surface area contributed by atoms with Gasteiger partial charge in [0.1, 0.15) is 11.5 Å². The summed E-state index contributed by atoms with van der Waals surface area (Å²) in [6, 6.07) is 18.4. The highest BCUT2D eigenvalue weighted by Crippen LogP contribution is 2.30. The molecule has 0 aliphatic heterocycles. The minimum Gasteiger partial charge on any atom is -0.508 e. The summed E-state index contributed by atoms with van der Waals surface area (Å²) >= 11 is 1.45. The fourth-order valence-corrected chi connectivity index (χ4v) is 3.38. The third kappa shape index (κ3) is 3.84. The maximum atomic E-state index is 12.5. The van der Waals surface area contributed by atoms with Crippen LogP contribution in [0.5, 0.6) is 11.5 Å². The van der Waals surface area contributed by atoms with E-state index in [1.807, 2.05) is 49.4 Å². The Morgan fingerprint density at radius 3 is 2.58 bits per heavy atom. The Bertz CT molecular complexity index is 834. The molecule has 0 bridgehead atoms. The first-order chi connectivity index (χ1) is 11.7. The zero-order valence-electron chi connectivity index (χ0n) is 13.4. The second-order valence-electron chi connectivity index (χ2n) is 5.39. The van der Waals surface area contributed by atoms with Crippen molar-refractivity contribution in [2.75, 3.05) is 6.61 Å². The number of phenolic OH excluding ortho intramolecular Hbond substituents is 1. The fourth-order valence-electron chi connectivity index (χ4n) is 2.44. The summed E-state index contributed by atoms with van der Waals surface area (Å²) in [6.45, 7) is 2.57. The van der Waals surface area contributed by atoms with Crippen molar-refractivity contribution in [2.24, 2.45) is 0 Å². The van der Waals surface area contributed by atoms with Crippen LogP contribution in [0.25, 0.3) is 10.4 Å². The van der Waals surface area contributed by atoms with Gasteiger partial charge in [0.05, 0.1) is 11.5 Å². The molecule has 1 N–H and O–H groups in total. The molecule has 3 nitrogen and oxygen atoms in total. The lowest BCUT2D eigenvalue weighted by Crippen LogP contribution is -2.01. The maximum absolute atomic E-state index is 12.5. The average molecular weight is 338 g/mol. The summed E-state index contributed by atoms with van der Waals surface area (Å²) in [5.74, 6) is 1.13. The zero-order chi connectivity index (χ0) is 16.9. The van der Waals surface area contributed by atoms with Gasteiger partial charge in [0, 0.05) is 11.3 Å². The molecule has 0 atom stereocenters. The van der Waals surface area contributed by atoms with E-state index in [0.717, 1.165) is 26.6 Å². The van der Waals surface area contributed by atoms with Gasteiger partial charge in [-0.05, 0) is 54.4 Å². The van der Waals surface area contributed by atoms with Gasteiger partial charge < -0.3 is 9.84 Å². The van der Waals surface area contributed by atoms with Crippen molar-refractivity contribution in [3.05, 3.63) is 71.1 Å². The number of rotatable bonds is 6. The Kier molecular flexibility index (Phi) is 4.96. The van der Waals surface area contributed by atoms with Gasteiger partial charge >= 0.3 is 0 Å². The molecule has 2 aromatic carbocycles. The molecule has 3 aromatic rings. The van der Waals surface area contributed by atoms with Gasteiger partial charge in [-0.1, -0.05) is 24.3 Å². The van der Waals surface area contributed by atoms with Crippen LogP contribution in [0.3, 0.4) is 0 Å². The number of carbonyl (C=O) groups excluding carboxylic acids is 1. The smallest absolute Gasteiger partial charge is 0.177 e. The molecule has 0 fully saturated rings. The molecule has 0 aliphatic carbocycles. The summed E-state index contributed by atoms with van der Waals surface area (Å²) in [4.78, 5) is 14.2. The monoisotopic (exact) mass is 338 g/mol. The summed E-state index contributed by atoms with van der Waals surface area (Å²) in [6.07, 6.45) is 0.367. The first-order valence-electron chi connectivity index (χ1n) is 7.80. The highest BCUT2D eigenvalue weighted by molar-refractivity contribution is 7.17. The number of ketones is 1. The lowest BCUT2D eigenvalue weighted by atomic mass is 10.1. The predicted octanol–water partition coefficient (Wildman–Crippen LogP) is 4.94. The van der Waals surface area contributed by atoms with E-state index < -0.39 is 0 Å². The number of thiophene rings is 1. The molecule has 4 heteroatoms. The fraction of sp³-hybridized carbons (Fsp3) is 0.150. The number of aromatic hydroxyl groups is 1. The van der Waals surface area contributed by atoms with Crippen LogP contribution in [-0.2, 0) is 6.42 Å². The quantitative estimate of drug-likeness (QED) is 0.647. The third-order valence-corrected chi connectivity index (χ3v) is 4.79. The van der Waals surface area contributed by atoms with Crippen LogP contribution in [0.4, 0.5) is 0 Å².